The summed E-state index contributed by atoms with van der Waals surface area (Å²) >= 11 is 0. The Morgan fingerprint density at radius 3 is 2.33 bits per heavy atom. The van der Waals surface area contributed by atoms with Crippen LogP contribution in [0.3, 0.4) is 0 Å². The van der Waals surface area contributed by atoms with Gasteiger partial charge in [-0.3, -0.25) is 0 Å². The fraction of sp³-hybridized carbons (Fsp3) is 0.615. The number of esters is 1. The molecule has 0 radical (unpaired) electrons. The molecule has 0 bridgehead atoms. The molecule has 118 valence electrons. The second-order valence-electron chi connectivity index (χ2n) is 4.94. The highest BCUT2D eigenvalue weighted by Crippen LogP contribution is 2.22. The van der Waals surface area contributed by atoms with E-state index in [1.807, 2.05) is 0 Å². The van der Waals surface area contributed by atoms with Crippen LogP contribution in [0.2, 0.25) is 0 Å². The SMILES string of the molecule is C=C(C)C(=O)OCCOC(=O)OCC1(C)COC(=O)OC1. The lowest BCUT2D eigenvalue weighted by molar-refractivity contribution is -0.140. The largest absolute Gasteiger partial charge is 0.508 e. The number of hydrogen-bond acceptors (Lipinski definition) is 8. The van der Waals surface area contributed by atoms with Gasteiger partial charge in [0, 0.05) is 5.57 Å². The van der Waals surface area contributed by atoms with E-state index in [4.69, 9.17) is 23.7 Å². The Hall–Kier alpha value is -2.25. The lowest BCUT2D eigenvalue weighted by atomic mass is 9.94. The van der Waals surface area contributed by atoms with Gasteiger partial charge in [-0.2, -0.15) is 0 Å². The standard InChI is InChI=1S/C13H18O8/c1-9(2)10(14)17-4-5-18-11(15)19-6-13(3)7-20-12(16)21-8-13/h1,4-8H2,2-3H3. The van der Waals surface area contributed by atoms with E-state index < -0.39 is 23.7 Å². The van der Waals surface area contributed by atoms with Crippen LogP contribution in [0.4, 0.5) is 9.59 Å². The first-order valence-corrected chi connectivity index (χ1v) is 6.24. The molecule has 0 unspecified atom stereocenters. The predicted octanol–water partition coefficient (Wildman–Crippen LogP) is 1.43. The first kappa shape index (κ1) is 16.8. The Morgan fingerprint density at radius 2 is 1.76 bits per heavy atom. The Labute approximate surface area is 121 Å². The second-order valence-corrected chi connectivity index (χ2v) is 4.94. The molecule has 0 aromatic heterocycles. The average Bonchev–Trinajstić information content (AvgIpc) is 2.44. The second kappa shape index (κ2) is 7.51. The Balaban J connectivity index is 2.15. The van der Waals surface area contributed by atoms with Crippen LogP contribution >= 0.6 is 0 Å². The van der Waals surface area contributed by atoms with Gasteiger partial charge in [0.2, 0.25) is 0 Å². The molecule has 8 nitrogen and oxygen atoms in total. The van der Waals surface area contributed by atoms with Crippen LogP contribution in [0.5, 0.6) is 0 Å². The summed E-state index contributed by atoms with van der Waals surface area (Å²) in [4.78, 5) is 33.1. The summed E-state index contributed by atoms with van der Waals surface area (Å²) in [5.74, 6) is -0.555. The van der Waals surface area contributed by atoms with E-state index >= 15 is 0 Å². The number of hydrogen-bond donors (Lipinski definition) is 0. The van der Waals surface area contributed by atoms with Crippen LogP contribution in [0.1, 0.15) is 13.8 Å². The molecule has 0 atom stereocenters. The summed E-state index contributed by atoms with van der Waals surface area (Å²) < 4.78 is 23.8. The topological polar surface area (TPSA) is 97.4 Å². The minimum absolute atomic E-state index is 0.0231. The third-order valence-corrected chi connectivity index (χ3v) is 2.50. The molecule has 0 spiro atoms. The number of cyclic esters (lactones) is 2. The van der Waals surface area contributed by atoms with E-state index in [1.165, 1.54) is 6.92 Å². The number of carbonyl (C=O) groups is 3. The molecule has 1 aliphatic rings. The maximum absolute atomic E-state index is 11.3. The minimum atomic E-state index is -0.903. The summed E-state index contributed by atoms with van der Waals surface area (Å²) in [6.45, 7) is 6.61. The van der Waals surface area contributed by atoms with Crippen molar-refractivity contribution in [1.82, 2.24) is 0 Å². The molecule has 0 aromatic rings. The summed E-state index contributed by atoms with van der Waals surface area (Å²) in [5.41, 5.74) is -0.350. The minimum Gasteiger partial charge on any atom is -0.459 e. The highest BCUT2D eigenvalue weighted by molar-refractivity contribution is 5.86. The lowest BCUT2D eigenvalue weighted by Gasteiger charge is -2.31. The van der Waals surface area contributed by atoms with Crippen molar-refractivity contribution in [2.45, 2.75) is 13.8 Å². The molecule has 1 rings (SSSR count). The van der Waals surface area contributed by atoms with Gasteiger partial charge in [-0.25, -0.2) is 14.4 Å². The molecule has 1 heterocycles. The smallest absolute Gasteiger partial charge is 0.459 e. The van der Waals surface area contributed by atoms with Crippen molar-refractivity contribution in [3.8, 4) is 0 Å². The van der Waals surface area contributed by atoms with E-state index in [0.717, 1.165) is 0 Å². The molecular weight excluding hydrogens is 284 g/mol. The average molecular weight is 302 g/mol. The Kier molecular flexibility index (Phi) is 6.01. The first-order chi connectivity index (χ1) is 9.82. The quantitative estimate of drug-likeness (QED) is 0.314. The molecule has 1 fully saturated rings. The monoisotopic (exact) mass is 302 g/mol. The molecule has 21 heavy (non-hydrogen) atoms. The number of carbonyl (C=O) groups excluding carboxylic acids is 3. The predicted molar refractivity (Wildman–Crippen MR) is 68.5 cm³/mol. The van der Waals surface area contributed by atoms with Gasteiger partial charge in [0.25, 0.3) is 0 Å². The molecule has 0 saturated carbocycles. The van der Waals surface area contributed by atoms with E-state index in [2.05, 4.69) is 6.58 Å². The molecule has 1 saturated heterocycles. The fourth-order valence-corrected chi connectivity index (χ4v) is 1.29. The summed E-state index contributed by atoms with van der Waals surface area (Å²) in [6, 6.07) is 0. The van der Waals surface area contributed by atoms with Gasteiger partial charge in [0.15, 0.2) is 0 Å². The zero-order valence-corrected chi connectivity index (χ0v) is 12.0. The summed E-state index contributed by atoms with van der Waals surface area (Å²) in [5, 5.41) is 0. The summed E-state index contributed by atoms with van der Waals surface area (Å²) in [6.07, 6.45) is -1.64. The number of rotatable bonds is 6. The molecule has 1 aliphatic heterocycles. The van der Waals surface area contributed by atoms with Crippen molar-refractivity contribution < 1.29 is 38.1 Å². The Bertz CT molecular complexity index is 418. The van der Waals surface area contributed by atoms with E-state index in [9.17, 15) is 14.4 Å². The zero-order chi connectivity index (χ0) is 15.9. The molecule has 8 heteroatoms. The van der Waals surface area contributed by atoms with Crippen molar-refractivity contribution in [3.05, 3.63) is 12.2 Å². The Morgan fingerprint density at radius 1 is 1.19 bits per heavy atom. The van der Waals surface area contributed by atoms with Gasteiger partial charge >= 0.3 is 18.3 Å². The van der Waals surface area contributed by atoms with Gasteiger partial charge in [0.05, 0.1) is 5.41 Å². The van der Waals surface area contributed by atoms with Crippen molar-refractivity contribution >= 4 is 18.3 Å². The van der Waals surface area contributed by atoms with Gasteiger partial charge in [-0.1, -0.05) is 6.58 Å². The van der Waals surface area contributed by atoms with Crippen LogP contribution in [0.15, 0.2) is 12.2 Å². The van der Waals surface area contributed by atoms with Crippen molar-refractivity contribution in [2.24, 2.45) is 5.41 Å². The van der Waals surface area contributed by atoms with Gasteiger partial charge in [0.1, 0.15) is 33.0 Å². The van der Waals surface area contributed by atoms with Gasteiger partial charge in [-0.05, 0) is 13.8 Å². The molecule has 0 aromatic carbocycles. The highest BCUT2D eigenvalue weighted by atomic mass is 16.7. The van der Waals surface area contributed by atoms with E-state index in [-0.39, 0.29) is 38.6 Å². The van der Waals surface area contributed by atoms with Gasteiger partial charge in [-0.15, -0.1) is 0 Å². The maximum Gasteiger partial charge on any atom is 0.508 e. The summed E-state index contributed by atoms with van der Waals surface area (Å²) in [7, 11) is 0. The molecular formula is C13H18O8. The van der Waals surface area contributed by atoms with E-state index in [1.54, 1.807) is 6.92 Å². The van der Waals surface area contributed by atoms with Crippen molar-refractivity contribution in [1.29, 1.82) is 0 Å². The number of ether oxygens (including phenoxy) is 5. The molecule has 0 aliphatic carbocycles. The normalized spacial score (nSPS) is 16.2. The molecule has 0 N–H and O–H groups in total. The lowest BCUT2D eigenvalue weighted by Crippen LogP contribution is -2.41. The first-order valence-electron chi connectivity index (χ1n) is 6.24. The van der Waals surface area contributed by atoms with Crippen LogP contribution in [-0.4, -0.2) is 51.3 Å². The maximum atomic E-state index is 11.3. The van der Waals surface area contributed by atoms with Crippen molar-refractivity contribution in [3.63, 3.8) is 0 Å². The third-order valence-electron chi connectivity index (χ3n) is 2.50. The highest BCUT2D eigenvalue weighted by Gasteiger charge is 2.34. The van der Waals surface area contributed by atoms with Crippen LogP contribution in [0.25, 0.3) is 0 Å². The van der Waals surface area contributed by atoms with Crippen molar-refractivity contribution in [2.75, 3.05) is 33.0 Å². The van der Waals surface area contributed by atoms with Crippen LogP contribution < -0.4 is 0 Å². The van der Waals surface area contributed by atoms with Gasteiger partial charge < -0.3 is 23.7 Å². The third kappa shape index (κ3) is 6.15. The molecule has 0 amide bonds. The zero-order valence-electron chi connectivity index (χ0n) is 12.0. The van der Waals surface area contributed by atoms with Crippen LogP contribution in [-0.2, 0) is 28.5 Å². The fourth-order valence-electron chi connectivity index (χ4n) is 1.29. The van der Waals surface area contributed by atoms with E-state index in [0.29, 0.717) is 0 Å². The van der Waals surface area contributed by atoms with Crippen LogP contribution in [0, 0.1) is 5.41 Å².